The Labute approximate surface area is 128 Å². The number of halogens is 1. The molecule has 0 aromatic carbocycles. The molecule has 0 amide bonds. The van der Waals surface area contributed by atoms with Crippen LogP contribution in [0.1, 0.15) is 6.92 Å². The summed E-state index contributed by atoms with van der Waals surface area (Å²) in [6, 6.07) is 0. The fourth-order valence-electron chi connectivity index (χ4n) is 1.20. The quantitative estimate of drug-likeness (QED) is 0.274. The predicted molar refractivity (Wildman–Crippen MR) is 89.0 cm³/mol. The zero-order chi connectivity index (χ0) is 12.9. The van der Waals surface area contributed by atoms with Gasteiger partial charge in [0.05, 0.1) is 13.2 Å². The summed E-state index contributed by atoms with van der Waals surface area (Å²) in [7, 11) is 3.78. The van der Waals surface area contributed by atoms with Gasteiger partial charge in [0.15, 0.2) is 5.96 Å². The molecule has 0 atom stereocenters. The number of likely N-dealkylation sites (N-methyl/N-ethyl adjacent to an activating group) is 1. The summed E-state index contributed by atoms with van der Waals surface area (Å²) in [4.78, 5) is 6.66. The molecule has 108 valence electrons. The largest absolute Gasteiger partial charge is 0.383 e. The highest BCUT2D eigenvalue weighted by atomic mass is 127. The fourth-order valence-corrected chi connectivity index (χ4v) is 1.20. The van der Waals surface area contributed by atoms with E-state index in [1.54, 1.807) is 7.11 Å². The molecule has 0 aliphatic rings. The second-order valence-electron chi connectivity index (χ2n) is 3.73. The van der Waals surface area contributed by atoms with Gasteiger partial charge in [0, 0.05) is 33.3 Å². The highest BCUT2D eigenvalue weighted by Gasteiger charge is 1.98. The van der Waals surface area contributed by atoms with Crippen molar-refractivity contribution in [3.05, 3.63) is 12.7 Å². The van der Waals surface area contributed by atoms with Gasteiger partial charge in [-0.3, -0.25) is 4.99 Å². The zero-order valence-corrected chi connectivity index (χ0v) is 14.1. The van der Waals surface area contributed by atoms with Crippen molar-refractivity contribution in [3.8, 4) is 0 Å². The molecule has 0 radical (unpaired) electrons. The molecule has 5 nitrogen and oxygen atoms in total. The first-order valence-corrected chi connectivity index (χ1v) is 6.05. The van der Waals surface area contributed by atoms with Gasteiger partial charge >= 0.3 is 0 Å². The SMILES string of the molecule is C=CCNC(=NCCN(C)CCOC)NCC.I. The van der Waals surface area contributed by atoms with Gasteiger partial charge in [-0.25, -0.2) is 0 Å². The van der Waals surface area contributed by atoms with Crippen LogP contribution in [0.4, 0.5) is 0 Å². The van der Waals surface area contributed by atoms with Crippen LogP contribution < -0.4 is 10.6 Å². The zero-order valence-electron chi connectivity index (χ0n) is 11.7. The van der Waals surface area contributed by atoms with E-state index in [9.17, 15) is 0 Å². The second-order valence-corrected chi connectivity index (χ2v) is 3.73. The number of hydrogen-bond donors (Lipinski definition) is 2. The lowest BCUT2D eigenvalue weighted by molar-refractivity contribution is 0.163. The Balaban J connectivity index is 0. The Morgan fingerprint density at radius 1 is 1.39 bits per heavy atom. The molecule has 0 unspecified atom stereocenters. The molecule has 0 aliphatic carbocycles. The number of ether oxygens (including phenoxy) is 1. The monoisotopic (exact) mass is 370 g/mol. The number of rotatable bonds is 9. The fraction of sp³-hybridized carbons (Fsp3) is 0.750. The van der Waals surface area contributed by atoms with Crippen molar-refractivity contribution < 1.29 is 4.74 Å². The Morgan fingerprint density at radius 3 is 2.67 bits per heavy atom. The van der Waals surface area contributed by atoms with Crippen molar-refractivity contribution in [3.63, 3.8) is 0 Å². The second kappa shape index (κ2) is 14.7. The first kappa shape index (κ1) is 20.0. The molecule has 0 spiro atoms. The van der Waals surface area contributed by atoms with E-state index in [-0.39, 0.29) is 24.0 Å². The summed E-state index contributed by atoms with van der Waals surface area (Å²) in [6.45, 7) is 10.7. The summed E-state index contributed by atoms with van der Waals surface area (Å²) in [5.41, 5.74) is 0. The smallest absolute Gasteiger partial charge is 0.191 e. The summed E-state index contributed by atoms with van der Waals surface area (Å²) in [6.07, 6.45) is 1.82. The van der Waals surface area contributed by atoms with Crippen LogP contribution >= 0.6 is 24.0 Å². The van der Waals surface area contributed by atoms with E-state index in [0.717, 1.165) is 45.3 Å². The Bertz CT molecular complexity index is 224. The first-order valence-electron chi connectivity index (χ1n) is 6.05. The Morgan fingerprint density at radius 2 is 2.11 bits per heavy atom. The molecule has 18 heavy (non-hydrogen) atoms. The van der Waals surface area contributed by atoms with Crippen LogP contribution in [0.15, 0.2) is 17.6 Å². The molecule has 6 heteroatoms. The number of methoxy groups -OCH3 is 1. The molecule has 0 aromatic heterocycles. The minimum atomic E-state index is 0. The molecular formula is C12H27IN4O. The third-order valence-corrected chi connectivity index (χ3v) is 2.19. The molecule has 0 bridgehead atoms. The number of hydrogen-bond acceptors (Lipinski definition) is 3. The van der Waals surface area contributed by atoms with E-state index in [1.165, 1.54) is 0 Å². The maximum Gasteiger partial charge on any atom is 0.191 e. The lowest BCUT2D eigenvalue weighted by Crippen LogP contribution is -2.38. The van der Waals surface area contributed by atoms with Crippen molar-refractivity contribution in [2.45, 2.75) is 6.92 Å². The van der Waals surface area contributed by atoms with E-state index >= 15 is 0 Å². The van der Waals surface area contributed by atoms with Gasteiger partial charge in [0.2, 0.25) is 0 Å². The summed E-state index contributed by atoms with van der Waals surface area (Å²) in [5, 5.41) is 6.35. The van der Waals surface area contributed by atoms with Gasteiger partial charge in [-0.05, 0) is 14.0 Å². The predicted octanol–water partition coefficient (Wildman–Crippen LogP) is 0.924. The Hall–Kier alpha value is -0.340. The van der Waals surface area contributed by atoms with Gasteiger partial charge in [0.1, 0.15) is 0 Å². The van der Waals surface area contributed by atoms with E-state index in [4.69, 9.17) is 4.74 Å². The maximum atomic E-state index is 5.02. The molecule has 0 heterocycles. The van der Waals surface area contributed by atoms with E-state index in [1.807, 2.05) is 6.08 Å². The van der Waals surface area contributed by atoms with Gasteiger partial charge in [0.25, 0.3) is 0 Å². The third-order valence-electron chi connectivity index (χ3n) is 2.19. The Kier molecular flexibility index (Phi) is 16.3. The summed E-state index contributed by atoms with van der Waals surface area (Å²) in [5.74, 6) is 0.840. The third kappa shape index (κ3) is 12.1. The average molecular weight is 370 g/mol. The van der Waals surface area contributed by atoms with Crippen LogP contribution in [0.5, 0.6) is 0 Å². The van der Waals surface area contributed by atoms with Gasteiger partial charge in [-0.15, -0.1) is 30.6 Å². The lowest BCUT2D eigenvalue weighted by atomic mass is 10.5. The minimum absolute atomic E-state index is 0. The molecule has 0 fully saturated rings. The van der Waals surface area contributed by atoms with Crippen molar-refractivity contribution >= 4 is 29.9 Å². The molecule has 0 aromatic rings. The van der Waals surface area contributed by atoms with Gasteiger partial charge in [-0.2, -0.15) is 0 Å². The lowest BCUT2D eigenvalue weighted by Gasteiger charge is -2.15. The highest BCUT2D eigenvalue weighted by Crippen LogP contribution is 1.83. The standard InChI is InChI=1S/C12H26N4O.HI/c1-5-7-14-12(13-6-2)15-8-9-16(3)10-11-17-4;/h5H,1,6-11H2,2-4H3,(H2,13,14,15);1H. The van der Waals surface area contributed by atoms with E-state index in [0.29, 0.717) is 0 Å². The van der Waals surface area contributed by atoms with Crippen molar-refractivity contribution in [1.29, 1.82) is 0 Å². The molecule has 0 rings (SSSR count). The van der Waals surface area contributed by atoms with Crippen LogP contribution in [-0.4, -0.2) is 64.3 Å². The molecule has 0 aliphatic heterocycles. The molecule has 0 saturated carbocycles. The summed E-state index contributed by atoms with van der Waals surface area (Å²) < 4.78 is 5.02. The van der Waals surface area contributed by atoms with Crippen LogP contribution in [0, 0.1) is 0 Å². The van der Waals surface area contributed by atoms with E-state index in [2.05, 4.69) is 41.1 Å². The van der Waals surface area contributed by atoms with Crippen molar-refractivity contribution in [1.82, 2.24) is 15.5 Å². The molecule has 2 N–H and O–H groups in total. The van der Waals surface area contributed by atoms with Crippen LogP contribution in [0.3, 0.4) is 0 Å². The van der Waals surface area contributed by atoms with Gasteiger partial charge < -0.3 is 20.3 Å². The number of aliphatic imine (C=N–C) groups is 1. The maximum absolute atomic E-state index is 5.02. The van der Waals surface area contributed by atoms with Gasteiger partial charge in [-0.1, -0.05) is 6.08 Å². The summed E-state index contributed by atoms with van der Waals surface area (Å²) >= 11 is 0. The average Bonchev–Trinajstić information content (AvgIpc) is 2.33. The van der Waals surface area contributed by atoms with Crippen molar-refractivity contribution in [2.75, 3.05) is 53.5 Å². The van der Waals surface area contributed by atoms with Crippen LogP contribution in [-0.2, 0) is 4.74 Å². The van der Waals surface area contributed by atoms with Crippen molar-refractivity contribution in [2.24, 2.45) is 4.99 Å². The van der Waals surface area contributed by atoms with Crippen LogP contribution in [0.2, 0.25) is 0 Å². The number of guanidine groups is 1. The topological polar surface area (TPSA) is 48.9 Å². The minimum Gasteiger partial charge on any atom is -0.383 e. The molecule has 0 saturated heterocycles. The first-order chi connectivity index (χ1) is 8.24. The van der Waals surface area contributed by atoms with Crippen LogP contribution in [0.25, 0.3) is 0 Å². The number of nitrogens with zero attached hydrogens (tertiary/aromatic N) is 2. The highest BCUT2D eigenvalue weighted by molar-refractivity contribution is 14.0. The molecular weight excluding hydrogens is 343 g/mol. The number of nitrogens with one attached hydrogen (secondary N) is 2. The normalized spacial score (nSPS) is 11.0. The van der Waals surface area contributed by atoms with E-state index < -0.39 is 0 Å².